The first-order chi connectivity index (χ1) is 13.4. The predicted octanol–water partition coefficient (Wildman–Crippen LogP) is 5.81. The Bertz CT molecular complexity index is 581. The molecule has 5 heteroatoms. The van der Waals surface area contributed by atoms with Crippen LogP contribution in [0.4, 0.5) is 0 Å². The molecule has 0 unspecified atom stereocenters. The van der Waals surface area contributed by atoms with Gasteiger partial charge in [-0.3, -0.25) is 12.2 Å². The summed E-state index contributed by atoms with van der Waals surface area (Å²) in [5.74, 6) is 0. The maximum absolute atomic E-state index is 3.52. The first-order valence-electron chi connectivity index (χ1n) is 11.5. The molecule has 0 aromatic rings. The maximum Gasteiger partial charge on any atom is 0.117 e. The summed E-state index contributed by atoms with van der Waals surface area (Å²) in [6.45, 7) is 15.1. The van der Waals surface area contributed by atoms with Crippen LogP contribution >= 0.6 is 0 Å². The third-order valence-corrected chi connectivity index (χ3v) is 14.4. The number of piperidine rings is 2. The number of nitrogens with zero attached hydrogens (tertiary/aromatic N) is 2. The van der Waals surface area contributed by atoms with Gasteiger partial charge in [0.2, 0.25) is 0 Å². The molecule has 0 amide bonds. The molecule has 2 aliphatic heterocycles. The maximum atomic E-state index is 3.52. The van der Waals surface area contributed by atoms with Gasteiger partial charge in [-0.05, 0) is 51.9 Å². The van der Waals surface area contributed by atoms with E-state index in [0.29, 0.717) is 0 Å². The first kappa shape index (κ1) is 25.4. The van der Waals surface area contributed by atoms with Crippen LogP contribution in [-0.4, -0.2) is 51.8 Å². The molecule has 2 aliphatic carbocycles. The minimum atomic E-state index is -1.32. The van der Waals surface area contributed by atoms with Crippen LogP contribution in [0.2, 0.25) is 26.2 Å². The zero-order valence-corrected chi connectivity index (χ0v) is 24.8. The Kier molecular flexibility index (Phi) is 10.3. The van der Waals surface area contributed by atoms with Crippen molar-refractivity contribution in [2.24, 2.45) is 0 Å². The molecule has 0 bridgehead atoms. The molecular formula is C24H40HfN2Si2-2. The Labute approximate surface area is 201 Å². The fraction of sp³-hybridized carbons (Fsp3) is 0.667. The van der Waals surface area contributed by atoms with E-state index in [0.717, 1.165) is 12.8 Å². The van der Waals surface area contributed by atoms with Crippen LogP contribution in [-0.2, 0) is 25.8 Å². The molecule has 0 aromatic heterocycles. The molecule has 2 nitrogen and oxygen atoms in total. The van der Waals surface area contributed by atoms with Gasteiger partial charge in [-0.15, -0.1) is 12.8 Å². The van der Waals surface area contributed by atoms with E-state index in [9.17, 15) is 0 Å². The summed E-state index contributed by atoms with van der Waals surface area (Å²) in [6.07, 6.45) is 26.7. The van der Waals surface area contributed by atoms with Crippen molar-refractivity contribution in [3.8, 4) is 0 Å². The van der Waals surface area contributed by atoms with Gasteiger partial charge in [0.25, 0.3) is 0 Å². The van der Waals surface area contributed by atoms with Crippen LogP contribution in [0.15, 0.2) is 34.7 Å². The Morgan fingerprint density at radius 2 is 0.966 bits per heavy atom. The van der Waals surface area contributed by atoms with Gasteiger partial charge in [-0.2, -0.15) is 12.2 Å². The van der Waals surface area contributed by atoms with Crippen molar-refractivity contribution in [2.45, 2.75) is 77.6 Å². The standard InChI is InChI=1S/2C12H20NSi.Hf/c2*1-14(2,12-8-4-5-9-12)13-10-6-3-7-11-13;/h2*4,8H,3,5-7,10-11H2,1-2H3;/q2*-1;. The van der Waals surface area contributed by atoms with Crippen LogP contribution < -0.4 is 0 Å². The normalized spacial score (nSPS) is 23.2. The second-order valence-corrected chi connectivity index (χ2v) is 18.2. The molecule has 29 heavy (non-hydrogen) atoms. The predicted molar refractivity (Wildman–Crippen MR) is 127 cm³/mol. The summed E-state index contributed by atoms with van der Waals surface area (Å²) in [7, 11) is -2.63. The van der Waals surface area contributed by atoms with Crippen molar-refractivity contribution >= 4 is 16.5 Å². The smallest absolute Gasteiger partial charge is 0.117 e. The van der Waals surface area contributed by atoms with E-state index in [-0.39, 0.29) is 25.8 Å². The molecule has 0 N–H and O–H groups in total. The minimum Gasteiger partial charge on any atom is -0.322 e. The van der Waals surface area contributed by atoms with Crippen LogP contribution in [0.3, 0.4) is 0 Å². The summed E-state index contributed by atoms with van der Waals surface area (Å²) >= 11 is 0. The molecular weight excluding hydrogens is 551 g/mol. The molecule has 0 aromatic carbocycles. The van der Waals surface area contributed by atoms with Gasteiger partial charge >= 0.3 is 0 Å². The molecule has 4 rings (SSSR count). The SMILES string of the molecule is C[Si](C)(C1=[C-]CC=C1)N1CCCCC1.C[Si](C)(C1=[C-]CC=C1)N1CCCCC1.[Hf]. The zero-order chi connectivity index (χ0) is 20.0. The van der Waals surface area contributed by atoms with E-state index in [2.05, 4.69) is 71.8 Å². The van der Waals surface area contributed by atoms with E-state index < -0.39 is 16.5 Å². The van der Waals surface area contributed by atoms with Crippen molar-refractivity contribution in [1.82, 2.24) is 9.13 Å². The molecule has 2 heterocycles. The second-order valence-electron chi connectivity index (χ2n) is 9.61. The van der Waals surface area contributed by atoms with E-state index >= 15 is 0 Å². The van der Waals surface area contributed by atoms with Gasteiger partial charge in [-0.25, -0.2) is 22.5 Å². The van der Waals surface area contributed by atoms with Gasteiger partial charge < -0.3 is 9.13 Å². The molecule has 0 spiro atoms. The summed E-state index contributed by atoms with van der Waals surface area (Å²) in [6, 6.07) is 0. The monoisotopic (exact) mass is 592 g/mol. The second kappa shape index (κ2) is 11.7. The summed E-state index contributed by atoms with van der Waals surface area (Å²) in [4.78, 5) is 0. The molecule has 2 fully saturated rings. The molecule has 0 saturated carbocycles. The summed E-state index contributed by atoms with van der Waals surface area (Å²) in [5, 5.41) is 3.05. The Hall–Kier alpha value is 0.184. The number of rotatable bonds is 4. The van der Waals surface area contributed by atoms with Crippen molar-refractivity contribution in [3.63, 3.8) is 0 Å². The van der Waals surface area contributed by atoms with Gasteiger partial charge in [0.05, 0.1) is 0 Å². The van der Waals surface area contributed by atoms with Crippen molar-refractivity contribution in [3.05, 3.63) is 46.8 Å². The van der Waals surface area contributed by atoms with Crippen LogP contribution in [0.5, 0.6) is 0 Å². The average molecular weight is 591 g/mol. The van der Waals surface area contributed by atoms with Crippen LogP contribution in [0.1, 0.15) is 51.4 Å². The zero-order valence-electron chi connectivity index (χ0n) is 19.2. The van der Waals surface area contributed by atoms with E-state index in [1.54, 1.807) is 0 Å². The number of hydrogen-bond donors (Lipinski definition) is 0. The summed E-state index contributed by atoms with van der Waals surface area (Å²) < 4.78 is 5.49. The van der Waals surface area contributed by atoms with Crippen LogP contribution in [0, 0.1) is 12.2 Å². The molecule has 0 atom stereocenters. The van der Waals surface area contributed by atoms with Crippen molar-refractivity contribution in [2.75, 3.05) is 26.2 Å². The number of hydrogen-bond acceptors (Lipinski definition) is 2. The van der Waals surface area contributed by atoms with E-state index in [4.69, 9.17) is 0 Å². The Morgan fingerprint density at radius 1 is 0.621 bits per heavy atom. The van der Waals surface area contributed by atoms with Gasteiger partial charge in [0.1, 0.15) is 16.5 Å². The fourth-order valence-electron chi connectivity index (χ4n) is 4.90. The molecule has 4 aliphatic rings. The van der Waals surface area contributed by atoms with E-state index in [1.165, 1.54) is 75.1 Å². The van der Waals surface area contributed by atoms with Gasteiger partial charge in [0, 0.05) is 25.8 Å². The number of allylic oxidation sites excluding steroid dienone is 8. The summed E-state index contributed by atoms with van der Waals surface area (Å²) in [5.41, 5.74) is 0. The van der Waals surface area contributed by atoms with Gasteiger partial charge in [0.15, 0.2) is 0 Å². The first-order valence-corrected chi connectivity index (χ1v) is 17.4. The average Bonchev–Trinajstić information content (AvgIpc) is 3.44. The third kappa shape index (κ3) is 6.58. The van der Waals surface area contributed by atoms with Crippen molar-refractivity contribution < 1.29 is 25.8 Å². The van der Waals surface area contributed by atoms with E-state index in [1.807, 2.05) is 0 Å². The Balaban J connectivity index is 0.000000200. The van der Waals surface area contributed by atoms with Gasteiger partial charge in [-0.1, -0.05) is 39.0 Å². The van der Waals surface area contributed by atoms with Crippen LogP contribution in [0.25, 0.3) is 0 Å². The molecule has 0 radical (unpaired) electrons. The largest absolute Gasteiger partial charge is 0.322 e. The third-order valence-electron chi connectivity index (χ3n) is 7.00. The minimum absolute atomic E-state index is 0. The fourth-order valence-corrected chi connectivity index (χ4v) is 10.6. The molecule has 2 saturated heterocycles. The Morgan fingerprint density at radius 3 is 1.24 bits per heavy atom. The quantitative estimate of drug-likeness (QED) is 0.301. The molecule has 160 valence electrons. The topological polar surface area (TPSA) is 6.48 Å². The van der Waals surface area contributed by atoms with Crippen molar-refractivity contribution in [1.29, 1.82) is 0 Å².